The Kier molecular flexibility index (Phi) is 5.06. The zero-order chi connectivity index (χ0) is 20.4. The second-order valence-corrected chi connectivity index (χ2v) is 7.89. The zero-order valence-electron chi connectivity index (χ0n) is 15.9. The van der Waals surface area contributed by atoms with Crippen molar-refractivity contribution in [3.05, 3.63) is 77.3 Å². The first-order chi connectivity index (χ1) is 14.0. The van der Waals surface area contributed by atoms with Crippen LogP contribution < -0.4 is 0 Å². The standard InChI is InChI=1S/C21H17N5O2S/c1-14-12-19(24-26(14)13-15-4-8-17(22-2)9-5-15)21-23-20(25-28-21)16-6-10-18(11-7-16)29(3)27/h4-12H,13H2,1,3H3. The van der Waals surface area contributed by atoms with Crippen LogP contribution in [0.1, 0.15) is 11.3 Å². The van der Waals surface area contributed by atoms with E-state index in [2.05, 4.69) is 20.1 Å². The Morgan fingerprint density at radius 2 is 1.86 bits per heavy atom. The third kappa shape index (κ3) is 4.00. The van der Waals surface area contributed by atoms with Crippen molar-refractivity contribution in [1.82, 2.24) is 19.9 Å². The van der Waals surface area contributed by atoms with Crippen LogP contribution in [0.15, 0.2) is 64.0 Å². The second-order valence-electron chi connectivity index (χ2n) is 6.51. The summed E-state index contributed by atoms with van der Waals surface area (Å²) >= 11 is 0. The van der Waals surface area contributed by atoms with Crippen LogP contribution in [-0.2, 0) is 17.3 Å². The van der Waals surface area contributed by atoms with Gasteiger partial charge in [0.2, 0.25) is 5.82 Å². The highest BCUT2D eigenvalue weighted by atomic mass is 32.2. The average molecular weight is 403 g/mol. The molecule has 0 saturated carbocycles. The number of aromatic nitrogens is 4. The fourth-order valence-corrected chi connectivity index (χ4v) is 3.38. The molecule has 2 aromatic carbocycles. The van der Waals surface area contributed by atoms with E-state index < -0.39 is 10.8 Å². The molecule has 0 aliphatic heterocycles. The molecule has 2 aromatic heterocycles. The monoisotopic (exact) mass is 403 g/mol. The van der Waals surface area contributed by atoms with Crippen molar-refractivity contribution in [2.75, 3.05) is 6.26 Å². The van der Waals surface area contributed by atoms with Gasteiger partial charge in [-0.25, -0.2) is 4.85 Å². The number of nitrogens with zero attached hydrogens (tertiary/aromatic N) is 5. The molecule has 0 spiro atoms. The minimum absolute atomic E-state index is 0.341. The van der Waals surface area contributed by atoms with Crippen molar-refractivity contribution < 1.29 is 8.73 Å². The molecule has 1 atom stereocenters. The van der Waals surface area contributed by atoms with Crippen LogP contribution in [0.3, 0.4) is 0 Å². The van der Waals surface area contributed by atoms with Crippen molar-refractivity contribution in [2.24, 2.45) is 0 Å². The molecule has 0 N–H and O–H groups in total. The predicted molar refractivity (Wildman–Crippen MR) is 110 cm³/mol. The Morgan fingerprint density at radius 3 is 2.52 bits per heavy atom. The van der Waals surface area contributed by atoms with E-state index in [1.807, 2.05) is 41.9 Å². The van der Waals surface area contributed by atoms with Gasteiger partial charge in [-0.05, 0) is 42.8 Å². The van der Waals surface area contributed by atoms with E-state index in [1.165, 1.54) is 0 Å². The molecular formula is C21H17N5O2S. The maximum Gasteiger partial charge on any atom is 0.278 e. The van der Waals surface area contributed by atoms with Crippen LogP contribution in [0.2, 0.25) is 0 Å². The van der Waals surface area contributed by atoms with E-state index in [-0.39, 0.29) is 0 Å². The molecule has 0 saturated heterocycles. The van der Waals surface area contributed by atoms with Crippen molar-refractivity contribution in [1.29, 1.82) is 0 Å². The SMILES string of the molecule is [C-]#[N+]c1ccc(Cn2nc(-c3nc(-c4ccc(S(C)=O)cc4)no3)cc2C)cc1. The molecule has 0 amide bonds. The summed E-state index contributed by atoms with van der Waals surface area (Å²) in [5.74, 6) is 0.795. The van der Waals surface area contributed by atoms with Crippen molar-refractivity contribution >= 4 is 16.5 Å². The first-order valence-electron chi connectivity index (χ1n) is 8.82. The van der Waals surface area contributed by atoms with Gasteiger partial charge >= 0.3 is 0 Å². The van der Waals surface area contributed by atoms with Crippen LogP contribution in [0, 0.1) is 13.5 Å². The van der Waals surface area contributed by atoms with E-state index >= 15 is 0 Å². The smallest absolute Gasteiger partial charge is 0.278 e. The van der Waals surface area contributed by atoms with Gasteiger partial charge in [-0.3, -0.25) is 8.89 Å². The van der Waals surface area contributed by atoms with Gasteiger partial charge in [0, 0.05) is 33.2 Å². The molecule has 4 aromatic rings. The molecule has 7 nitrogen and oxygen atoms in total. The number of hydrogen-bond donors (Lipinski definition) is 0. The lowest BCUT2D eigenvalue weighted by atomic mass is 10.2. The quantitative estimate of drug-likeness (QED) is 0.466. The van der Waals surface area contributed by atoms with Gasteiger partial charge in [0.05, 0.1) is 13.1 Å². The molecule has 29 heavy (non-hydrogen) atoms. The summed E-state index contributed by atoms with van der Waals surface area (Å²) in [7, 11) is -1.03. The number of hydrogen-bond acceptors (Lipinski definition) is 5. The molecule has 0 aliphatic carbocycles. The third-order valence-electron chi connectivity index (χ3n) is 4.47. The summed E-state index contributed by atoms with van der Waals surface area (Å²) in [5.41, 5.74) is 4.01. The predicted octanol–water partition coefficient (Wildman–Crippen LogP) is 4.25. The lowest BCUT2D eigenvalue weighted by molar-refractivity contribution is 0.430. The van der Waals surface area contributed by atoms with Crippen molar-refractivity contribution in [2.45, 2.75) is 18.4 Å². The van der Waals surface area contributed by atoms with Crippen LogP contribution in [-0.4, -0.2) is 30.4 Å². The minimum atomic E-state index is -1.03. The van der Waals surface area contributed by atoms with Gasteiger partial charge < -0.3 is 4.52 Å². The van der Waals surface area contributed by atoms with Gasteiger partial charge in [-0.15, -0.1) is 0 Å². The van der Waals surface area contributed by atoms with E-state index in [0.717, 1.165) is 21.7 Å². The summed E-state index contributed by atoms with van der Waals surface area (Å²) in [6.45, 7) is 9.58. The van der Waals surface area contributed by atoms with Gasteiger partial charge in [0.15, 0.2) is 11.4 Å². The van der Waals surface area contributed by atoms with E-state index in [4.69, 9.17) is 11.1 Å². The van der Waals surface area contributed by atoms with E-state index in [0.29, 0.717) is 29.6 Å². The van der Waals surface area contributed by atoms with E-state index in [9.17, 15) is 4.21 Å². The summed E-state index contributed by atoms with van der Waals surface area (Å²) in [6, 6.07) is 16.6. The van der Waals surface area contributed by atoms with Gasteiger partial charge in [0.25, 0.3) is 5.89 Å². The molecule has 4 rings (SSSR count). The number of benzene rings is 2. The molecule has 0 bridgehead atoms. The molecule has 8 heteroatoms. The van der Waals surface area contributed by atoms with Gasteiger partial charge in [-0.2, -0.15) is 10.1 Å². The lowest BCUT2D eigenvalue weighted by Gasteiger charge is -2.04. The molecule has 0 radical (unpaired) electrons. The zero-order valence-corrected chi connectivity index (χ0v) is 16.7. The number of aryl methyl sites for hydroxylation is 1. The minimum Gasteiger partial charge on any atom is -0.332 e. The first-order valence-corrected chi connectivity index (χ1v) is 10.4. The number of rotatable bonds is 5. The van der Waals surface area contributed by atoms with Gasteiger partial charge in [0.1, 0.15) is 0 Å². The molecule has 2 heterocycles. The highest BCUT2D eigenvalue weighted by Crippen LogP contribution is 2.23. The van der Waals surface area contributed by atoms with Gasteiger partial charge in [-0.1, -0.05) is 29.4 Å². The summed E-state index contributed by atoms with van der Waals surface area (Å²) in [4.78, 5) is 8.60. The molecule has 0 aliphatic rings. The second kappa shape index (κ2) is 7.81. The Bertz CT molecular complexity index is 1220. The highest BCUT2D eigenvalue weighted by molar-refractivity contribution is 7.84. The highest BCUT2D eigenvalue weighted by Gasteiger charge is 2.15. The fraction of sp³-hybridized carbons (Fsp3) is 0.143. The average Bonchev–Trinajstić information content (AvgIpc) is 3.36. The third-order valence-corrected chi connectivity index (χ3v) is 5.40. The summed E-state index contributed by atoms with van der Waals surface area (Å²) in [5, 5.41) is 8.62. The van der Waals surface area contributed by atoms with E-state index in [1.54, 1.807) is 30.5 Å². The molecule has 144 valence electrons. The molecule has 1 unspecified atom stereocenters. The van der Waals surface area contributed by atoms with Crippen LogP contribution >= 0.6 is 0 Å². The maximum atomic E-state index is 11.5. The summed E-state index contributed by atoms with van der Waals surface area (Å²) in [6.07, 6.45) is 1.64. The van der Waals surface area contributed by atoms with Crippen LogP contribution in [0.4, 0.5) is 5.69 Å². The van der Waals surface area contributed by atoms with Crippen molar-refractivity contribution in [3.8, 4) is 23.0 Å². The largest absolute Gasteiger partial charge is 0.332 e. The summed E-state index contributed by atoms with van der Waals surface area (Å²) < 4.78 is 18.8. The molecule has 0 fully saturated rings. The Labute approximate surface area is 170 Å². The topological polar surface area (TPSA) is 78.2 Å². The Balaban J connectivity index is 1.56. The van der Waals surface area contributed by atoms with Crippen LogP contribution in [0.25, 0.3) is 27.8 Å². The normalized spacial score (nSPS) is 11.9. The van der Waals surface area contributed by atoms with Crippen LogP contribution in [0.5, 0.6) is 0 Å². The molecular weight excluding hydrogens is 386 g/mol. The maximum absolute atomic E-state index is 11.5. The lowest BCUT2D eigenvalue weighted by Crippen LogP contribution is -2.03. The fourth-order valence-electron chi connectivity index (χ4n) is 2.86. The Hall–Kier alpha value is -3.57. The Morgan fingerprint density at radius 1 is 1.14 bits per heavy atom. The van der Waals surface area contributed by atoms with Crippen molar-refractivity contribution in [3.63, 3.8) is 0 Å². The first kappa shape index (κ1) is 18.8.